The first-order valence-corrected chi connectivity index (χ1v) is 9.20. The Morgan fingerprint density at radius 2 is 1.77 bits per heavy atom. The van der Waals surface area contributed by atoms with E-state index in [4.69, 9.17) is 0 Å². The van der Waals surface area contributed by atoms with Crippen molar-refractivity contribution in [1.82, 2.24) is 9.80 Å². The number of likely N-dealkylation sites (tertiary alicyclic amines) is 2. The van der Waals surface area contributed by atoms with Gasteiger partial charge in [-0.25, -0.2) is 9.59 Å². The fraction of sp³-hybridized carbons (Fsp3) is 0.526. The van der Waals surface area contributed by atoms with Crippen molar-refractivity contribution >= 4 is 23.6 Å². The summed E-state index contributed by atoms with van der Waals surface area (Å²) in [5.74, 6) is -1.40. The zero-order chi connectivity index (χ0) is 18.5. The van der Waals surface area contributed by atoms with E-state index in [-0.39, 0.29) is 17.9 Å². The number of amides is 3. The van der Waals surface area contributed by atoms with Crippen LogP contribution in [0.3, 0.4) is 0 Å². The molecule has 0 aliphatic carbocycles. The fourth-order valence-electron chi connectivity index (χ4n) is 3.77. The van der Waals surface area contributed by atoms with Crippen LogP contribution < -0.4 is 5.32 Å². The van der Waals surface area contributed by atoms with Crippen LogP contribution in [0.25, 0.3) is 0 Å². The lowest BCUT2D eigenvalue weighted by Gasteiger charge is -2.38. The third-order valence-corrected chi connectivity index (χ3v) is 5.15. The van der Waals surface area contributed by atoms with Crippen LogP contribution in [-0.4, -0.2) is 58.5 Å². The zero-order valence-corrected chi connectivity index (χ0v) is 14.8. The van der Waals surface area contributed by atoms with Gasteiger partial charge in [-0.3, -0.25) is 4.79 Å². The number of para-hydroxylation sites is 1. The zero-order valence-electron chi connectivity index (χ0n) is 14.8. The van der Waals surface area contributed by atoms with Gasteiger partial charge in [0.2, 0.25) is 5.91 Å². The number of benzene rings is 1. The third kappa shape index (κ3) is 4.15. The lowest BCUT2D eigenvalue weighted by molar-refractivity contribution is -0.154. The molecule has 2 aliphatic heterocycles. The molecule has 2 atom stereocenters. The number of carbonyl (C=O) groups is 3. The summed E-state index contributed by atoms with van der Waals surface area (Å²) in [5, 5.41) is 12.2. The van der Waals surface area contributed by atoms with E-state index in [2.05, 4.69) is 5.32 Å². The molecular formula is C19H25N3O4. The molecule has 2 fully saturated rings. The first-order chi connectivity index (χ1) is 12.6. The minimum Gasteiger partial charge on any atom is -0.480 e. The van der Waals surface area contributed by atoms with Crippen molar-refractivity contribution in [1.29, 1.82) is 0 Å². The van der Waals surface area contributed by atoms with Crippen LogP contribution in [0.5, 0.6) is 0 Å². The van der Waals surface area contributed by atoms with E-state index in [0.29, 0.717) is 38.2 Å². The molecule has 1 unspecified atom stereocenters. The Morgan fingerprint density at radius 3 is 2.50 bits per heavy atom. The Morgan fingerprint density at radius 1 is 1.00 bits per heavy atom. The topological polar surface area (TPSA) is 90.0 Å². The first kappa shape index (κ1) is 18.2. The molecule has 2 saturated heterocycles. The molecule has 2 N–H and O–H groups in total. The molecule has 7 heteroatoms. The number of piperidine rings is 2. The highest BCUT2D eigenvalue weighted by molar-refractivity contribution is 5.90. The van der Waals surface area contributed by atoms with Crippen LogP contribution in [0.15, 0.2) is 30.3 Å². The standard InChI is InChI=1S/C19H25N3O4/c23-17(22-12-5-4-10-16(22)18(24)25)14-7-6-11-21(13-14)19(26)20-15-8-2-1-3-9-15/h1-3,8-9,14,16H,4-7,10-13H2,(H,20,26)(H,24,25)/t14?,16-/m1/s1. The molecule has 7 nitrogen and oxygen atoms in total. The molecule has 0 bridgehead atoms. The number of anilines is 1. The molecule has 140 valence electrons. The summed E-state index contributed by atoms with van der Waals surface area (Å²) in [6, 6.07) is 8.25. The van der Waals surface area contributed by atoms with Crippen molar-refractivity contribution in [3.63, 3.8) is 0 Å². The van der Waals surface area contributed by atoms with Crippen LogP contribution in [0.2, 0.25) is 0 Å². The molecule has 3 rings (SSSR count). The number of carboxylic acids is 1. The molecule has 1 aromatic rings. The summed E-state index contributed by atoms with van der Waals surface area (Å²) < 4.78 is 0. The molecule has 0 radical (unpaired) electrons. The molecule has 0 spiro atoms. The Labute approximate surface area is 153 Å². The Hall–Kier alpha value is -2.57. The predicted molar refractivity (Wildman–Crippen MR) is 96.7 cm³/mol. The van der Waals surface area contributed by atoms with Crippen molar-refractivity contribution in [3.05, 3.63) is 30.3 Å². The minimum atomic E-state index is -0.937. The van der Waals surface area contributed by atoms with Crippen LogP contribution in [0.4, 0.5) is 10.5 Å². The molecule has 0 aromatic heterocycles. The van der Waals surface area contributed by atoms with Gasteiger partial charge in [0.15, 0.2) is 0 Å². The van der Waals surface area contributed by atoms with E-state index < -0.39 is 12.0 Å². The second-order valence-corrected chi connectivity index (χ2v) is 6.96. The second-order valence-electron chi connectivity index (χ2n) is 6.96. The first-order valence-electron chi connectivity index (χ1n) is 9.20. The monoisotopic (exact) mass is 359 g/mol. The maximum absolute atomic E-state index is 12.9. The fourth-order valence-corrected chi connectivity index (χ4v) is 3.77. The highest BCUT2D eigenvalue weighted by Crippen LogP contribution is 2.25. The summed E-state index contributed by atoms with van der Waals surface area (Å²) in [4.78, 5) is 40.0. The van der Waals surface area contributed by atoms with Gasteiger partial charge in [-0.05, 0) is 44.2 Å². The summed E-state index contributed by atoms with van der Waals surface area (Å²) in [7, 11) is 0. The number of hydrogen-bond donors (Lipinski definition) is 2. The average molecular weight is 359 g/mol. The largest absolute Gasteiger partial charge is 0.480 e. The molecule has 0 saturated carbocycles. The number of nitrogens with zero attached hydrogens (tertiary/aromatic N) is 2. The molecule has 2 heterocycles. The van der Waals surface area contributed by atoms with Crippen molar-refractivity contribution in [2.24, 2.45) is 5.92 Å². The van der Waals surface area contributed by atoms with Gasteiger partial charge in [-0.1, -0.05) is 18.2 Å². The van der Waals surface area contributed by atoms with Crippen molar-refractivity contribution < 1.29 is 19.5 Å². The van der Waals surface area contributed by atoms with Crippen molar-refractivity contribution in [3.8, 4) is 0 Å². The van der Waals surface area contributed by atoms with Gasteiger partial charge in [0.05, 0.1) is 5.92 Å². The van der Waals surface area contributed by atoms with Gasteiger partial charge in [0.1, 0.15) is 6.04 Å². The lowest BCUT2D eigenvalue weighted by Crippen LogP contribution is -2.53. The maximum Gasteiger partial charge on any atom is 0.326 e. The van der Waals surface area contributed by atoms with Gasteiger partial charge in [0, 0.05) is 25.3 Å². The SMILES string of the molecule is O=C(O)[C@H]1CCCCN1C(=O)C1CCCN(C(=O)Nc2ccccc2)C1. The predicted octanol–water partition coefficient (Wildman–Crippen LogP) is 2.40. The van der Waals surface area contributed by atoms with Gasteiger partial charge >= 0.3 is 12.0 Å². The lowest BCUT2D eigenvalue weighted by atomic mass is 9.93. The number of aliphatic carboxylic acids is 1. The van der Waals surface area contributed by atoms with Crippen molar-refractivity contribution in [2.75, 3.05) is 25.0 Å². The average Bonchev–Trinajstić information content (AvgIpc) is 2.68. The number of urea groups is 1. The number of carboxylic acid groups (broad SMARTS) is 1. The highest BCUT2D eigenvalue weighted by atomic mass is 16.4. The van der Waals surface area contributed by atoms with Crippen LogP contribution in [-0.2, 0) is 9.59 Å². The van der Waals surface area contributed by atoms with Crippen LogP contribution in [0.1, 0.15) is 32.1 Å². The van der Waals surface area contributed by atoms with Gasteiger partial charge in [-0.2, -0.15) is 0 Å². The number of carbonyl (C=O) groups excluding carboxylic acids is 2. The summed E-state index contributed by atoms with van der Waals surface area (Å²) in [6.07, 6.45) is 3.60. The maximum atomic E-state index is 12.9. The third-order valence-electron chi connectivity index (χ3n) is 5.15. The quantitative estimate of drug-likeness (QED) is 0.867. The van der Waals surface area contributed by atoms with E-state index in [1.165, 1.54) is 4.90 Å². The van der Waals surface area contributed by atoms with Gasteiger partial charge in [-0.15, -0.1) is 0 Å². The highest BCUT2D eigenvalue weighted by Gasteiger charge is 2.37. The van der Waals surface area contributed by atoms with E-state index in [1.54, 1.807) is 4.90 Å². The second kappa shape index (κ2) is 8.21. The van der Waals surface area contributed by atoms with E-state index >= 15 is 0 Å². The smallest absolute Gasteiger partial charge is 0.326 e. The van der Waals surface area contributed by atoms with E-state index in [1.807, 2.05) is 30.3 Å². The molecule has 2 aliphatic rings. The molecular weight excluding hydrogens is 334 g/mol. The molecule has 1 aromatic carbocycles. The molecule has 26 heavy (non-hydrogen) atoms. The Kier molecular flexibility index (Phi) is 5.75. The minimum absolute atomic E-state index is 0.130. The van der Waals surface area contributed by atoms with Crippen molar-refractivity contribution in [2.45, 2.75) is 38.1 Å². The number of rotatable bonds is 3. The van der Waals surface area contributed by atoms with Gasteiger partial charge < -0.3 is 20.2 Å². The van der Waals surface area contributed by atoms with Crippen LogP contribution in [0, 0.1) is 5.92 Å². The number of hydrogen-bond acceptors (Lipinski definition) is 3. The summed E-state index contributed by atoms with van der Waals surface area (Å²) in [5.41, 5.74) is 0.716. The van der Waals surface area contributed by atoms with Crippen LogP contribution >= 0.6 is 0 Å². The van der Waals surface area contributed by atoms with E-state index in [0.717, 1.165) is 19.3 Å². The van der Waals surface area contributed by atoms with E-state index in [9.17, 15) is 19.5 Å². The number of nitrogens with one attached hydrogen (secondary N) is 1. The van der Waals surface area contributed by atoms with Gasteiger partial charge in [0.25, 0.3) is 0 Å². The Bertz CT molecular complexity index is 664. The molecule has 3 amide bonds. The Balaban J connectivity index is 1.63. The summed E-state index contributed by atoms with van der Waals surface area (Å²) >= 11 is 0. The summed E-state index contributed by atoms with van der Waals surface area (Å²) in [6.45, 7) is 1.42. The normalized spacial score (nSPS) is 23.4.